The molecular formula is C30H29N3O6. The van der Waals surface area contributed by atoms with Gasteiger partial charge in [0.1, 0.15) is 0 Å². The molecule has 2 aromatic carbocycles. The molecule has 200 valence electrons. The van der Waals surface area contributed by atoms with Gasteiger partial charge in [0.25, 0.3) is 0 Å². The number of para-hydroxylation sites is 2. The lowest BCUT2D eigenvalue weighted by molar-refractivity contribution is -0.139. The van der Waals surface area contributed by atoms with Gasteiger partial charge in [-0.25, -0.2) is 23.5 Å². The summed E-state index contributed by atoms with van der Waals surface area (Å²) >= 11 is 0. The van der Waals surface area contributed by atoms with E-state index in [-0.39, 0.29) is 36.0 Å². The van der Waals surface area contributed by atoms with Gasteiger partial charge in [-0.2, -0.15) is 0 Å². The molecule has 0 bridgehead atoms. The zero-order chi connectivity index (χ0) is 27.6. The molecule has 1 aromatic heterocycles. The molecule has 6 rings (SSSR count). The highest BCUT2D eigenvalue weighted by molar-refractivity contribution is 6.13. The third kappa shape index (κ3) is 3.38. The fraction of sp³-hybridized carbons (Fsp3) is 0.333. The lowest BCUT2D eigenvalue weighted by atomic mass is 9.51. The molecule has 3 aliphatic rings. The Hall–Kier alpha value is -4.40. The minimum absolute atomic E-state index is 0.101. The predicted octanol–water partition coefficient (Wildman–Crippen LogP) is 3.29. The molecule has 2 heterocycles. The smallest absolute Gasteiger partial charge is 0.352 e. The number of aromatic nitrogens is 3. The van der Waals surface area contributed by atoms with Crippen molar-refractivity contribution in [1.82, 2.24) is 13.9 Å². The van der Waals surface area contributed by atoms with Gasteiger partial charge in [0, 0.05) is 17.4 Å². The van der Waals surface area contributed by atoms with Crippen molar-refractivity contribution in [3.8, 4) is 17.2 Å². The summed E-state index contributed by atoms with van der Waals surface area (Å²) < 4.78 is 9.58. The van der Waals surface area contributed by atoms with Gasteiger partial charge in [-0.3, -0.25) is 9.59 Å². The van der Waals surface area contributed by atoms with E-state index in [0.29, 0.717) is 23.4 Å². The van der Waals surface area contributed by atoms with E-state index in [1.807, 2.05) is 13.0 Å². The number of ether oxygens (including phenoxy) is 1. The van der Waals surface area contributed by atoms with Crippen molar-refractivity contribution in [3.63, 3.8) is 0 Å². The van der Waals surface area contributed by atoms with E-state index in [4.69, 9.17) is 4.74 Å². The van der Waals surface area contributed by atoms with Gasteiger partial charge in [-0.05, 0) is 55.7 Å². The molecule has 0 spiro atoms. The van der Waals surface area contributed by atoms with Crippen LogP contribution < -0.4 is 16.1 Å². The van der Waals surface area contributed by atoms with Crippen LogP contribution in [0.5, 0.6) is 11.5 Å². The number of allylic oxidation sites excluding steroid dienone is 4. The van der Waals surface area contributed by atoms with Gasteiger partial charge in [0.15, 0.2) is 23.1 Å². The highest BCUT2D eigenvalue weighted by atomic mass is 16.5. The summed E-state index contributed by atoms with van der Waals surface area (Å²) in [6.45, 7) is 5.67. The number of nitrogens with zero attached hydrogens (tertiary/aromatic N) is 3. The minimum Gasteiger partial charge on any atom is -0.504 e. The number of fused-ring (bicyclic) bond motifs is 4. The SMILES string of the molecule is CCOc1cccc(C2C3=CCn4c(=O)n(-c5ccccc5)c(=O)n4C3CC3C(=O)C=C(C)C(=O)C32C)c1O. The van der Waals surface area contributed by atoms with E-state index in [2.05, 4.69) is 0 Å². The highest BCUT2D eigenvalue weighted by Crippen LogP contribution is 2.61. The number of benzene rings is 2. The molecule has 9 heteroatoms. The van der Waals surface area contributed by atoms with Crippen LogP contribution >= 0.6 is 0 Å². The Morgan fingerprint density at radius 2 is 1.77 bits per heavy atom. The Kier molecular flexibility index (Phi) is 5.64. The minimum atomic E-state index is -1.20. The molecular weight excluding hydrogens is 498 g/mol. The normalized spacial score (nSPS) is 25.8. The van der Waals surface area contributed by atoms with Crippen LogP contribution in [0.3, 0.4) is 0 Å². The van der Waals surface area contributed by atoms with Crippen molar-refractivity contribution < 1.29 is 19.4 Å². The lowest BCUT2D eigenvalue weighted by Crippen LogP contribution is -2.54. The number of phenols is 1. The monoisotopic (exact) mass is 527 g/mol. The molecule has 1 aliphatic heterocycles. The van der Waals surface area contributed by atoms with Crippen molar-refractivity contribution in [2.45, 2.75) is 45.7 Å². The maximum atomic E-state index is 13.9. The van der Waals surface area contributed by atoms with Crippen LogP contribution in [0.15, 0.2) is 81.4 Å². The van der Waals surface area contributed by atoms with Crippen LogP contribution in [-0.4, -0.2) is 37.2 Å². The third-order valence-corrected chi connectivity index (χ3v) is 8.56. The summed E-state index contributed by atoms with van der Waals surface area (Å²) in [5.74, 6) is -1.68. The van der Waals surface area contributed by atoms with Crippen molar-refractivity contribution >= 4 is 11.6 Å². The van der Waals surface area contributed by atoms with E-state index < -0.39 is 34.7 Å². The van der Waals surface area contributed by atoms with Gasteiger partial charge in [0.2, 0.25) is 0 Å². The number of ketones is 2. The second-order valence-electron chi connectivity index (χ2n) is 10.6. The zero-order valence-corrected chi connectivity index (χ0v) is 22.0. The first-order chi connectivity index (χ1) is 18.7. The Morgan fingerprint density at radius 1 is 1.03 bits per heavy atom. The quantitative estimate of drug-likeness (QED) is 0.521. The molecule has 9 nitrogen and oxygen atoms in total. The predicted molar refractivity (Wildman–Crippen MR) is 143 cm³/mol. The molecule has 0 radical (unpaired) electrons. The summed E-state index contributed by atoms with van der Waals surface area (Å²) in [5.41, 5.74) is -0.206. The highest BCUT2D eigenvalue weighted by Gasteiger charge is 2.60. The molecule has 4 unspecified atom stereocenters. The molecule has 0 amide bonds. The number of carbonyl (C=O) groups excluding carboxylic acids is 2. The number of phenolic OH excluding ortho intramolecular Hbond substituents is 1. The van der Waals surface area contributed by atoms with Gasteiger partial charge in [0.05, 0.1) is 30.3 Å². The fourth-order valence-corrected chi connectivity index (χ4v) is 6.84. The summed E-state index contributed by atoms with van der Waals surface area (Å²) in [6.07, 6.45) is 3.42. The topological polar surface area (TPSA) is 113 Å². The van der Waals surface area contributed by atoms with Gasteiger partial charge < -0.3 is 9.84 Å². The fourth-order valence-electron chi connectivity index (χ4n) is 6.84. The van der Waals surface area contributed by atoms with Gasteiger partial charge >= 0.3 is 11.4 Å². The number of rotatable bonds is 4. The Morgan fingerprint density at radius 3 is 2.49 bits per heavy atom. The van der Waals surface area contributed by atoms with Crippen LogP contribution in [0.2, 0.25) is 0 Å². The lowest BCUT2D eigenvalue weighted by Gasteiger charge is -2.52. The maximum Gasteiger partial charge on any atom is 0.352 e. The van der Waals surface area contributed by atoms with Crippen LogP contribution in [-0.2, 0) is 16.1 Å². The van der Waals surface area contributed by atoms with Crippen molar-refractivity contribution in [3.05, 3.63) is 98.4 Å². The molecule has 4 atom stereocenters. The van der Waals surface area contributed by atoms with Crippen LogP contribution in [0.1, 0.15) is 44.7 Å². The first-order valence-electron chi connectivity index (χ1n) is 13.1. The number of Topliss-reactive ketones (excluding diaryl/α,β-unsaturated/α-hetero) is 1. The first-order valence-corrected chi connectivity index (χ1v) is 13.1. The van der Waals surface area contributed by atoms with Gasteiger partial charge in [-0.1, -0.05) is 43.3 Å². The van der Waals surface area contributed by atoms with E-state index in [0.717, 1.165) is 10.1 Å². The average molecular weight is 528 g/mol. The second-order valence-corrected chi connectivity index (χ2v) is 10.6. The number of hydrogen-bond acceptors (Lipinski definition) is 6. The van der Waals surface area contributed by atoms with Gasteiger partial charge in [-0.15, -0.1) is 0 Å². The van der Waals surface area contributed by atoms with E-state index in [9.17, 15) is 24.3 Å². The molecule has 2 aliphatic carbocycles. The van der Waals surface area contributed by atoms with E-state index in [1.165, 1.54) is 15.4 Å². The molecule has 39 heavy (non-hydrogen) atoms. The largest absolute Gasteiger partial charge is 0.504 e. The van der Waals surface area contributed by atoms with E-state index >= 15 is 0 Å². The maximum absolute atomic E-state index is 13.9. The van der Waals surface area contributed by atoms with Crippen molar-refractivity contribution in [2.24, 2.45) is 11.3 Å². The number of aromatic hydroxyl groups is 1. The molecule has 1 N–H and O–H groups in total. The zero-order valence-electron chi connectivity index (χ0n) is 22.0. The first kappa shape index (κ1) is 24.9. The molecule has 1 saturated carbocycles. The van der Waals surface area contributed by atoms with Crippen LogP contribution in [0.4, 0.5) is 0 Å². The molecule has 3 aromatic rings. The van der Waals surface area contributed by atoms with Crippen molar-refractivity contribution in [2.75, 3.05) is 6.61 Å². The average Bonchev–Trinajstić information content (AvgIpc) is 3.18. The Bertz CT molecular complexity index is 1710. The Balaban J connectivity index is 1.60. The summed E-state index contributed by atoms with van der Waals surface area (Å²) in [4.78, 5) is 54.6. The second kappa shape index (κ2) is 8.83. The van der Waals surface area contributed by atoms with Crippen LogP contribution in [0, 0.1) is 11.3 Å². The summed E-state index contributed by atoms with van der Waals surface area (Å²) in [7, 11) is 0. The number of carbonyl (C=O) groups is 2. The summed E-state index contributed by atoms with van der Waals surface area (Å²) in [5, 5.41) is 11.3. The van der Waals surface area contributed by atoms with E-state index in [1.54, 1.807) is 62.4 Å². The standard InChI is InChI=1S/C30H29N3O6/c1-4-39-24-12-8-11-20(26(24)35)25-19-13-14-31-28(37)32(18-9-6-5-7-10-18)29(38)33(31)22(19)16-21-23(34)15-17(2)27(36)30(21,25)3/h5-13,15,21-22,25,35H,4,14,16H2,1-3H3. The van der Waals surface area contributed by atoms with Crippen molar-refractivity contribution in [1.29, 1.82) is 0 Å². The number of hydrogen-bond donors (Lipinski definition) is 1. The Labute approximate surface area is 224 Å². The van der Waals surface area contributed by atoms with Crippen LogP contribution in [0.25, 0.3) is 5.69 Å². The third-order valence-electron chi connectivity index (χ3n) is 8.56. The molecule has 0 saturated heterocycles. The summed E-state index contributed by atoms with van der Waals surface area (Å²) in [6, 6.07) is 13.2. The molecule has 1 fully saturated rings.